The van der Waals surface area contributed by atoms with Crippen molar-refractivity contribution in [1.29, 1.82) is 0 Å². The zero-order chi connectivity index (χ0) is 32.6. The number of fused-ring (bicyclic) bond motifs is 3. The summed E-state index contributed by atoms with van der Waals surface area (Å²) in [6, 6.07) is 4.91. The van der Waals surface area contributed by atoms with Gasteiger partial charge in [0.15, 0.2) is 5.65 Å². The summed E-state index contributed by atoms with van der Waals surface area (Å²) in [7, 11) is 1.66. The Balaban J connectivity index is 1.64. The molecule has 0 saturated carbocycles. The number of benzene rings is 1. The molecule has 0 aliphatic carbocycles. The highest BCUT2D eigenvalue weighted by Gasteiger charge is 2.42. The topological polar surface area (TPSA) is 133 Å². The van der Waals surface area contributed by atoms with Gasteiger partial charge in [0.05, 0.1) is 51.4 Å². The summed E-state index contributed by atoms with van der Waals surface area (Å²) in [5.41, 5.74) is 5.03. The van der Waals surface area contributed by atoms with Crippen LogP contribution in [0, 0.1) is 13.8 Å². The van der Waals surface area contributed by atoms with Crippen molar-refractivity contribution in [2.24, 2.45) is 0 Å². The van der Waals surface area contributed by atoms with Gasteiger partial charge in [-0.3, -0.25) is 19.7 Å². The molecular formula is C33H32ClN9O3. The summed E-state index contributed by atoms with van der Waals surface area (Å²) in [5.74, 6) is -0.294. The highest BCUT2D eigenvalue weighted by molar-refractivity contribution is 6.39. The lowest BCUT2D eigenvalue weighted by Gasteiger charge is -2.40. The second kappa shape index (κ2) is 10.8. The summed E-state index contributed by atoms with van der Waals surface area (Å²) >= 11 is 7.34. The van der Waals surface area contributed by atoms with Crippen molar-refractivity contribution in [3.05, 3.63) is 75.6 Å². The van der Waals surface area contributed by atoms with Gasteiger partial charge in [-0.15, -0.1) is 0 Å². The fourth-order valence-electron chi connectivity index (χ4n) is 6.72. The normalized spacial score (nSPS) is 16.4. The number of amides is 2. The molecule has 1 saturated heterocycles. The number of likely N-dealkylation sites (N-methyl/N-ethyl adjacent to an activating group) is 1. The number of aryl methyl sites for hydroxylation is 2. The van der Waals surface area contributed by atoms with Crippen LogP contribution < -0.4 is 15.5 Å². The van der Waals surface area contributed by atoms with Gasteiger partial charge in [-0.2, -0.15) is 10.1 Å². The van der Waals surface area contributed by atoms with E-state index in [2.05, 4.69) is 26.7 Å². The number of pyridine rings is 2. The quantitative estimate of drug-likeness (QED) is 0.289. The largest absolute Gasteiger partial charge is 0.355 e. The molecule has 1 atom stereocenters. The van der Waals surface area contributed by atoms with E-state index in [1.807, 2.05) is 45.9 Å². The van der Waals surface area contributed by atoms with Gasteiger partial charge in [0.2, 0.25) is 5.91 Å². The number of aromatic nitrogens is 6. The number of carbonyl (C=O) groups is 2. The molecule has 1 aromatic carbocycles. The average molecular weight is 638 g/mol. The molecule has 7 rings (SSSR count). The van der Waals surface area contributed by atoms with Gasteiger partial charge >= 0.3 is 5.69 Å². The molecule has 2 aliphatic heterocycles. The summed E-state index contributed by atoms with van der Waals surface area (Å²) in [6.07, 6.45) is 4.68. The molecule has 1 fully saturated rings. The molecule has 6 heterocycles. The number of piperazine rings is 1. The van der Waals surface area contributed by atoms with E-state index in [9.17, 15) is 14.4 Å². The van der Waals surface area contributed by atoms with Crippen molar-refractivity contribution in [2.45, 2.75) is 39.7 Å². The van der Waals surface area contributed by atoms with Crippen LogP contribution in [0.4, 0.5) is 11.5 Å². The van der Waals surface area contributed by atoms with Crippen LogP contribution in [0.2, 0.25) is 5.02 Å². The third-order valence-corrected chi connectivity index (χ3v) is 9.36. The first kappa shape index (κ1) is 29.6. The first-order valence-electron chi connectivity index (χ1n) is 15.0. The minimum atomic E-state index is -0.814. The van der Waals surface area contributed by atoms with Crippen LogP contribution in [0.1, 0.15) is 36.6 Å². The van der Waals surface area contributed by atoms with Crippen molar-refractivity contribution >= 4 is 56.9 Å². The molecule has 13 heteroatoms. The molecule has 2 amide bonds. The smallest absolute Gasteiger partial charge is 0.340 e. The van der Waals surface area contributed by atoms with Crippen molar-refractivity contribution in [3.8, 4) is 16.9 Å². The van der Waals surface area contributed by atoms with Gasteiger partial charge in [0.25, 0.3) is 5.91 Å². The predicted molar refractivity (Wildman–Crippen MR) is 178 cm³/mol. The summed E-state index contributed by atoms with van der Waals surface area (Å²) in [6.45, 7) is 12.2. The molecule has 0 bridgehead atoms. The number of anilines is 2. The van der Waals surface area contributed by atoms with Crippen molar-refractivity contribution < 1.29 is 9.59 Å². The molecule has 1 unspecified atom stereocenters. The Morgan fingerprint density at radius 2 is 1.89 bits per heavy atom. The van der Waals surface area contributed by atoms with Crippen molar-refractivity contribution in [1.82, 2.24) is 34.6 Å². The first-order chi connectivity index (χ1) is 22.0. The van der Waals surface area contributed by atoms with Crippen LogP contribution >= 0.6 is 11.6 Å². The van der Waals surface area contributed by atoms with Gasteiger partial charge in [-0.05, 0) is 49.1 Å². The van der Waals surface area contributed by atoms with Crippen LogP contribution in [0.25, 0.3) is 38.9 Å². The van der Waals surface area contributed by atoms with Crippen molar-refractivity contribution in [2.75, 3.05) is 36.5 Å². The lowest BCUT2D eigenvalue weighted by molar-refractivity contribution is -0.128. The maximum atomic E-state index is 14.3. The Morgan fingerprint density at radius 3 is 2.63 bits per heavy atom. The Labute approximate surface area is 269 Å². The number of hydrogen-bond acceptors (Lipinski definition) is 8. The zero-order valence-corrected chi connectivity index (χ0v) is 26.9. The van der Waals surface area contributed by atoms with Gasteiger partial charge in [-0.25, -0.2) is 14.3 Å². The number of carbonyl (C=O) groups excluding carboxylic acids is 2. The average Bonchev–Trinajstić information content (AvgIpc) is 3.49. The minimum absolute atomic E-state index is 0.0236. The highest BCUT2D eigenvalue weighted by Crippen LogP contribution is 2.47. The molecule has 234 valence electrons. The molecule has 0 radical (unpaired) electrons. The second-order valence-corrected chi connectivity index (χ2v) is 12.5. The zero-order valence-electron chi connectivity index (χ0n) is 26.1. The number of H-pyrrole nitrogens is 1. The Morgan fingerprint density at radius 1 is 1.11 bits per heavy atom. The number of halogens is 1. The molecule has 2 aliphatic rings. The molecule has 0 spiro atoms. The molecule has 5 aromatic rings. The fourth-order valence-corrected chi connectivity index (χ4v) is 7.08. The Kier molecular flexibility index (Phi) is 6.93. The van der Waals surface area contributed by atoms with Crippen LogP contribution in [0.5, 0.6) is 0 Å². The van der Waals surface area contributed by atoms with Crippen LogP contribution in [-0.4, -0.2) is 79.2 Å². The molecular weight excluding hydrogens is 606 g/mol. The van der Waals surface area contributed by atoms with E-state index in [4.69, 9.17) is 16.6 Å². The Bertz CT molecular complexity index is 2190. The third-order valence-electron chi connectivity index (χ3n) is 9.01. The maximum Gasteiger partial charge on any atom is 0.355 e. The van der Waals surface area contributed by atoms with Crippen LogP contribution in [0.15, 0.2) is 48.0 Å². The van der Waals surface area contributed by atoms with Crippen molar-refractivity contribution in [3.63, 3.8) is 0 Å². The van der Waals surface area contributed by atoms with E-state index >= 15 is 0 Å². The van der Waals surface area contributed by atoms with E-state index in [-0.39, 0.29) is 35.8 Å². The maximum absolute atomic E-state index is 14.3. The minimum Gasteiger partial charge on any atom is -0.340 e. The highest BCUT2D eigenvalue weighted by atomic mass is 35.5. The number of nitrogens with zero attached hydrogens (tertiary/aromatic N) is 8. The van der Waals surface area contributed by atoms with E-state index in [1.165, 1.54) is 15.5 Å². The monoisotopic (exact) mass is 637 g/mol. The number of aromatic amines is 1. The molecule has 1 N–H and O–H groups in total. The summed E-state index contributed by atoms with van der Waals surface area (Å²) < 4.78 is 1.50. The van der Waals surface area contributed by atoms with Gasteiger partial charge in [0.1, 0.15) is 11.9 Å². The summed E-state index contributed by atoms with van der Waals surface area (Å²) in [5, 5.41) is 8.75. The SMILES string of the molecule is C=CC(=O)N1CCN2c3nc(=O)n(-c4c(C)ccnc4C(C)C)c4nc(-c5c(C)ccc6[nH]ncc56)c(Cl)c(c34)N(C)C(=O)C2C1. The molecule has 46 heavy (non-hydrogen) atoms. The fraction of sp³-hybridized carbons (Fsp3) is 0.303. The number of hydrogen-bond donors (Lipinski definition) is 1. The first-order valence-corrected chi connectivity index (χ1v) is 15.4. The van der Waals surface area contributed by atoms with E-state index in [0.29, 0.717) is 46.2 Å². The second-order valence-electron chi connectivity index (χ2n) is 12.1. The predicted octanol–water partition coefficient (Wildman–Crippen LogP) is 4.29. The van der Waals surface area contributed by atoms with Gasteiger partial charge in [0, 0.05) is 37.3 Å². The van der Waals surface area contributed by atoms with E-state index in [1.54, 1.807) is 29.2 Å². The molecule has 4 aromatic heterocycles. The number of nitrogens with one attached hydrogen (secondary N) is 1. The Hall–Kier alpha value is -5.10. The van der Waals surface area contributed by atoms with Crippen LogP contribution in [0.3, 0.4) is 0 Å². The lowest BCUT2D eigenvalue weighted by atomic mass is 9.99. The van der Waals surface area contributed by atoms with Gasteiger partial charge in [-0.1, -0.05) is 38.1 Å². The summed E-state index contributed by atoms with van der Waals surface area (Å²) in [4.78, 5) is 60.7. The lowest BCUT2D eigenvalue weighted by Crippen LogP contribution is -2.60. The number of rotatable bonds is 4. The third kappa shape index (κ3) is 4.23. The van der Waals surface area contributed by atoms with E-state index in [0.717, 1.165) is 27.6 Å². The molecule has 12 nitrogen and oxygen atoms in total. The standard InChI is InChI=1S/C33H32ClN9O3/c1-7-22(44)41-12-13-42-21(15-41)32(45)40(6)29-24-30(42)38-33(46)43(28-18(5)10-11-35-26(28)16(2)3)31(24)37-27(25(29)34)23-17(4)8-9-20-19(23)14-36-39-20/h7-11,14,16,21H,1,12-13,15H2,2-6H3,(H,36,39). The van der Waals surface area contributed by atoms with E-state index < -0.39 is 11.7 Å². The van der Waals surface area contributed by atoms with Gasteiger partial charge < -0.3 is 14.7 Å². The van der Waals surface area contributed by atoms with Crippen LogP contribution in [-0.2, 0) is 9.59 Å².